The van der Waals surface area contributed by atoms with Gasteiger partial charge in [0.25, 0.3) is 0 Å². The lowest BCUT2D eigenvalue weighted by molar-refractivity contribution is -0.137. The molecule has 150 valence electrons. The van der Waals surface area contributed by atoms with E-state index in [-0.39, 0.29) is 0 Å². The maximum atomic E-state index is 12.6. The molecule has 0 saturated carbocycles. The molecule has 1 aromatic heterocycles. The molecule has 3 rings (SSSR count). The van der Waals surface area contributed by atoms with E-state index in [1.54, 1.807) is 7.11 Å². The number of pyridine rings is 1. The minimum absolute atomic E-state index is 0.382. The van der Waals surface area contributed by atoms with Crippen molar-refractivity contribution in [1.29, 1.82) is 0 Å². The van der Waals surface area contributed by atoms with E-state index in [4.69, 9.17) is 4.74 Å². The molecule has 1 aromatic carbocycles. The van der Waals surface area contributed by atoms with Crippen LogP contribution in [0.5, 0.6) is 5.75 Å². The molecule has 1 aliphatic heterocycles. The Kier molecular flexibility index (Phi) is 6.57. The third-order valence-electron chi connectivity index (χ3n) is 4.85. The van der Waals surface area contributed by atoms with E-state index in [2.05, 4.69) is 16.4 Å². The molecule has 0 bridgehead atoms. The number of methoxy groups -OCH3 is 1. The van der Waals surface area contributed by atoms with Crippen LogP contribution < -0.4 is 15.0 Å². The summed E-state index contributed by atoms with van der Waals surface area (Å²) in [6, 6.07) is 10.8. The van der Waals surface area contributed by atoms with E-state index in [9.17, 15) is 13.2 Å². The summed E-state index contributed by atoms with van der Waals surface area (Å²) in [5.41, 5.74) is 0.324. The van der Waals surface area contributed by atoms with Crippen LogP contribution in [-0.4, -0.2) is 37.8 Å². The van der Waals surface area contributed by atoms with E-state index in [0.29, 0.717) is 11.9 Å². The Morgan fingerprint density at radius 2 is 1.93 bits per heavy atom. The largest absolute Gasteiger partial charge is 0.496 e. The van der Waals surface area contributed by atoms with Crippen LogP contribution in [0.1, 0.15) is 24.0 Å². The molecular weight excluding hydrogens is 367 g/mol. The van der Waals surface area contributed by atoms with Crippen molar-refractivity contribution in [2.24, 2.45) is 0 Å². The molecule has 2 heterocycles. The highest BCUT2D eigenvalue weighted by molar-refractivity contribution is 5.57. The van der Waals surface area contributed by atoms with Crippen LogP contribution in [0.4, 0.5) is 19.0 Å². The zero-order chi connectivity index (χ0) is 20.0. The molecule has 1 saturated heterocycles. The third kappa shape index (κ3) is 5.25. The van der Waals surface area contributed by atoms with Crippen molar-refractivity contribution in [3.05, 3.63) is 59.8 Å². The van der Waals surface area contributed by atoms with Crippen molar-refractivity contribution < 1.29 is 17.9 Å². The van der Waals surface area contributed by atoms with Crippen molar-refractivity contribution in [1.82, 2.24) is 10.3 Å². The maximum Gasteiger partial charge on any atom is 0.417 e. The highest BCUT2D eigenvalue weighted by Gasteiger charge is 2.31. The Hall–Kier alpha value is -2.54. The molecule has 0 spiro atoms. The predicted molar refractivity (Wildman–Crippen MR) is 105 cm³/mol. The molecular formula is C21H24F3N3O. The molecule has 28 heavy (non-hydrogen) atoms. The Morgan fingerprint density at radius 1 is 1.18 bits per heavy atom. The van der Waals surface area contributed by atoms with Gasteiger partial charge in [-0.1, -0.05) is 30.4 Å². The molecule has 0 radical (unpaired) electrons. The molecule has 4 nitrogen and oxygen atoms in total. The van der Waals surface area contributed by atoms with Gasteiger partial charge in [-0.2, -0.15) is 13.2 Å². The van der Waals surface area contributed by atoms with Crippen molar-refractivity contribution in [2.75, 3.05) is 31.6 Å². The van der Waals surface area contributed by atoms with Crippen LogP contribution in [0.15, 0.2) is 48.7 Å². The number of nitrogens with zero attached hydrogens (tertiary/aromatic N) is 2. The maximum absolute atomic E-state index is 12.6. The van der Waals surface area contributed by atoms with Crippen LogP contribution in [0.3, 0.4) is 0 Å². The molecule has 7 heteroatoms. The van der Waals surface area contributed by atoms with Gasteiger partial charge in [0, 0.05) is 37.4 Å². The number of para-hydroxylation sites is 1. The van der Waals surface area contributed by atoms with Gasteiger partial charge in [-0.15, -0.1) is 0 Å². The van der Waals surface area contributed by atoms with Crippen LogP contribution in [-0.2, 0) is 6.18 Å². The summed E-state index contributed by atoms with van der Waals surface area (Å²) in [6.07, 6.45) is 2.51. The predicted octanol–water partition coefficient (Wildman–Crippen LogP) is 4.38. The zero-order valence-corrected chi connectivity index (χ0v) is 15.7. The smallest absolute Gasteiger partial charge is 0.417 e. The monoisotopic (exact) mass is 391 g/mol. The van der Waals surface area contributed by atoms with Gasteiger partial charge < -0.3 is 15.0 Å². The van der Waals surface area contributed by atoms with Crippen molar-refractivity contribution in [3.63, 3.8) is 0 Å². The lowest BCUT2D eigenvalue weighted by Crippen LogP contribution is -2.42. The highest BCUT2D eigenvalue weighted by Crippen LogP contribution is 2.29. The Balaban J connectivity index is 1.45. The summed E-state index contributed by atoms with van der Waals surface area (Å²) in [6.45, 7) is 2.29. The van der Waals surface area contributed by atoms with Gasteiger partial charge >= 0.3 is 6.18 Å². The molecule has 1 N–H and O–H groups in total. The fourth-order valence-corrected chi connectivity index (χ4v) is 3.28. The second kappa shape index (κ2) is 9.10. The first-order chi connectivity index (χ1) is 13.5. The topological polar surface area (TPSA) is 37.4 Å². The number of hydrogen-bond acceptors (Lipinski definition) is 4. The summed E-state index contributed by atoms with van der Waals surface area (Å²) in [4.78, 5) is 6.01. The molecule has 1 fully saturated rings. The number of hydrogen-bond donors (Lipinski definition) is 1. The van der Waals surface area contributed by atoms with Gasteiger partial charge in [0.2, 0.25) is 0 Å². The lowest BCUT2D eigenvalue weighted by atomic mass is 10.0. The first kappa shape index (κ1) is 20.2. The number of ether oxygens (including phenoxy) is 1. The van der Waals surface area contributed by atoms with E-state index in [1.807, 2.05) is 35.2 Å². The summed E-state index contributed by atoms with van der Waals surface area (Å²) >= 11 is 0. The number of aromatic nitrogens is 1. The van der Waals surface area contributed by atoms with Crippen molar-refractivity contribution >= 4 is 11.9 Å². The summed E-state index contributed by atoms with van der Waals surface area (Å²) in [5.74, 6) is 1.44. The molecule has 0 unspecified atom stereocenters. The number of anilines is 1. The Labute approximate surface area is 163 Å². The van der Waals surface area contributed by atoms with Gasteiger partial charge in [0.1, 0.15) is 11.6 Å². The lowest BCUT2D eigenvalue weighted by Gasteiger charge is -2.33. The first-order valence-corrected chi connectivity index (χ1v) is 9.28. The highest BCUT2D eigenvalue weighted by atomic mass is 19.4. The van der Waals surface area contributed by atoms with Gasteiger partial charge in [-0.3, -0.25) is 0 Å². The Morgan fingerprint density at radius 3 is 2.57 bits per heavy atom. The van der Waals surface area contributed by atoms with E-state index in [1.165, 1.54) is 6.07 Å². The zero-order valence-electron chi connectivity index (χ0n) is 15.7. The summed E-state index contributed by atoms with van der Waals surface area (Å²) < 4.78 is 43.2. The summed E-state index contributed by atoms with van der Waals surface area (Å²) in [7, 11) is 1.66. The van der Waals surface area contributed by atoms with Gasteiger partial charge in [0.05, 0.1) is 12.7 Å². The first-order valence-electron chi connectivity index (χ1n) is 9.28. The normalized spacial score (nSPS) is 15.9. The fourth-order valence-electron chi connectivity index (χ4n) is 3.28. The van der Waals surface area contributed by atoms with Crippen LogP contribution in [0.2, 0.25) is 0 Å². The molecule has 0 atom stereocenters. The quantitative estimate of drug-likeness (QED) is 0.793. The van der Waals surface area contributed by atoms with Crippen molar-refractivity contribution in [3.8, 4) is 5.75 Å². The minimum Gasteiger partial charge on any atom is -0.496 e. The van der Waals surface area contributed by atoms with Gasteiger partial charge in [0.15, 0.2) is 0 Å². The molecule has 0 amide bonds. The average Bonchev–Trinajstić information content (AvgIpc) is 2.71. The molecule has 1 aliphatic rings. The Bertz CT molecular complexity index is 782. The van der Waals surface area contributed by atoms with Crippen LogP contribution in [0, 0.1) is 0 Å². The minimum atomic E-state index is -4.35. The summed E-state index contributed by atoms with van der Waals surface area (Å²) in [5, 5.41) is 3.51. The SMILES string of the molecule is COc1ccccc1C=CCNC1CCN(c2ccc(C(F)(F)F)cn2)CC1. The average molecular weight is 391 g/mol. The second-order valence-electron chi connectivity index (χ2n) is 6.72. The van der Waals surface area contributed by atoms with E-state index in [0.717, 1.165) is 56.1 Å². The fraction of sp³-hybridized carbons (Fsp3) is 0.381. The second-order valence-corrected chi connectivity index (χ2v) is 6.72. The third-order valence-corrected chi connectivity index (χ3v) is 4.85. The number of halogens is 3. The number of piperidine rings is 1. The van der Waals surface area contributed by atoms with E-state index >= 15 is 0 Å². The molecule has 0 aliphatic carbocycles. The number of nitrogens with one attached hydrogen (secondary N) is 1. The van der Waals surface area contributed by atoms with Crippen LogP contribution >= 0.6 is 0 Å². The number of rotatable bonds is 6. The number of benzene rings is 1. The molecule has 2 aromatic rings. The standard InChI is InChI=1S/C21H24F3N3O/c1-28-19-7-3-2-5-16(19)6-4-12-25-18-10-13-27(14-11-18)20-9-8-17(15-26-20)21(22,23)24/h2-9,15,18,25H,10-14H2,1H3. The van der Waals surface area contributed by atoms with Gasteiger partial charge in [-0.25, -0.2) is 4.98 Å². The van der Waals surface area contributed by atoms with E-state index < -0.39 is 11.7 Å². The van der Waals surface area contributed by atoms with Crippen LogP contribution in [0.25, 0.3) is 6.08 Å². The van der Waals surface area contributed by atoms with Gasteiger partial charge in [-0.05, 0) is 31.0 Å². The number of alkyl halides is 3. The van der Waals surface area contributed by atoms with Crippen molar-refractivity contribution in [2.45, 2.75) is 25.1 Å².